The number of amides is 1. The van der Waals surface area contributed by atoms with Crippen molar-refractivity contribution < 1.29 is 9.72 Å². The Balaban J connectivity index is 1.81. The van der Waals surface area contributed by atoms with Gasteiger partial charge in [0, 0.05) is 37.5 Å². The first-order chi connectivity index (χ1) is 11.6. The number of rotatable bonds is 5. The van der Waals surface area contributed by atoms with Gasteiger partial charge in [-0.05, 0) is 32.0 Å². The van der Waals surface area contributed by atoms with Crippen LogP contribution >= 0.6 is 0 Å². The number of nitrogens with one attached hydrogen (secondary N) is 1. The van der Waals surface area contributed by atoms with Gasteiger partial charge in [0.05, 0.1) is 10.6 Å². The van der Waals surface area contributed by atoms with Crippen molar-refractivity contribution in [3.63, 3.8) is 0 Å². The number of hydrogen-bond acceptors (Lipinski definition) is 5. The lowest BCUT2D eigenvalue weighted by Crippen LogP contribution is -2.41. The largest absolute Gasteiger partial charge is 0.333 e. The van der Waals surface area contributed by atoms with E-state index >= 15 is 0 Å². The highest BCUT2D eigenvalue weighted by Crippen LogP contribution is 2.20. The summed E-state index contributed by atoms with van der Waals surface area (Å²) < 4.78 is 1.49. The molecule has 0 saturated carbocycles. The Kier molecular flexibility index (Phi) is 4.57. The molecule has 0 aliphatic carbocycles. The van der Waals surface area contributed by atoms with Crippen LogP contribution in [0.2, 0.25) is 0 Å². The van der Waals surface area contributed by atoms with E-state index in [2.05, 4.69) is 10.4 Å². The SMILES string of the molecule is CNCC1CCCN1C(=O)c1ccn(-c2cccc([N+](=O)[O-])c2)n1. The van der Waals surface area contributed by atoms with E-state index < -0.39 is 4.92 Å². The maximum atomic E-state index is 12.7. The van der Waals surface area contributed by atoms with Crippen molar-refractivity contribution in [2.45, 2.75) is 18.9 Å². The average molecular weight is 329 g/mol. The number of nitrogens with zero attached hydrogens (tertiary/aromatic N) is 4. The molecule has 1 fully saturated rings. The van der Waals surface area contributed by atoms with Crippen molar-refractivity contribution in [3.8, 4) is 5.69 Å². The molecule has 2 aromatic rings. The zero-order chi connectivity index (χ0) is 17.1. The fourth-order valence-electron chi connectivity index (χ4n) is 3.03. The van der Waals surface area contributed by atoms with Gasteiger partial charge >= 0.3 is 0 Å². The van der Waals surface area contributed by atoms with Crippen LogP contribution < -0.4 is 5.32 Å². The summed E-state index contributed by atoms with van der Waals surface area (Å²) in [4.78, 5) is 24.9. The van der Waals surface area contributed by atoms with Gasteiger partial charge in [-0.3, -0.25) is 14.9 Å². The molecule has 0 bridgehead atoms. The standard InChI is InChI=1S/C16H19N5O3/c1-17-11-14-6-3-8-19(14)16(22)15-7-9-20(18-15)12-4-2-5-13(10-12)21(23)24/h2,4-5,7,9-10,14,17H,3,6,8,11H2,1H3. The Hall–Kier alpha value is -2.74. The third-order valence-corrected chi connectivity index (χ3v) is 4.19. The van der Waals surface area contributed by atoms with E-state index in [0.717, 1.165) is 25.9 Å². The van der Waals surface area contributed by atoms with Gasteiger partial charge in [-0.15, -0.1) is 0 Å². The van der Waals surface area contributed by atoms with Crippen LogP contribution in [0.15, 0.2) is 36.5 Å². The Morgan fingerprint density at radius 2 is 2.29 bits per heavy atom. The summed E-state index contributed by atoms with van der Waals surface area (Å²) in [7, 11) is 1.87. The molecule has 0 radical (unpaired) electrons. The lowest BCUT2D eigenvalue weighted by Gasteiger charge is -2.23. The van der Waals surface area contributed by atoms with Crippen LogP contribution in [0.3, 0.4) is 0 Å². The number of likely N-dealkylation sites (tertiary alicyclic amines) is 1. The van der Waals surface area contributed by atoms with E-state index in [4.69, 9.17) is 0 Å². The zero-order valence-electron chi connectivity index (χ0n) is 13.4. The molecular weight excluding hydrogens is 310 g/mol. The molecule has 1 N–H and O–H groups in total. The minimum atomic E-state index is -0.453. The van der Waals surface area contributed by atoms with Crippen LogP contribution in [-0.2, 0) is 0 Å². The highest BCUT2D eigenvalue weighted by molar-refractivity contribution is 5.92. The average Bonchev–Trinajstić information content (AvgIpc) is 3.24. The van der Waals surface area contributed by atoms with Crippen LogP contribution in [0, 0.1) is 10.1 Å². The monoisotopic (exact) mass is 329 g/mol. The predicted octanol–water partition coefficient (Wildman–Crippen LogP) is 1.60. The Morgan fingerprint density at radius 1 is 1.46 bits per heavy atom. The summed E-state index contributed by atoms with van der Waals surface area (Å²) in [5, 5.41) is 18.3. The first-order valence-corrected chi connectivity index (χ1v) is 7.86. The molecule has 126 valence electrons. The summed E-state index contributed by atoms with van der Waals surface area (Å²) >= 11 is 0. The maximum Gasteiger partial charge on any atom is 0.274 e. The topological polar surface area (TPSA) is 93.3 Å². The summed E-state index contributed by atoms with van der Waals surface area (Å²) in [5.41, 5.74) is 0.894. The van der Waals surface area contributed by atoms with E-state index in [0.29, 0.717) is 11.4 Å². The molecule has 1 aliphatic heterocycles. The second-order valence-corrected chi connectivity index (χ2v) is 5.77. The van der Waals surface area contributed by atoms with Crippen LogP contribution in [0.4, 0.5) is 5.69 Å². The number of benzene rings is 1. The number of aromatic nitrogens is 2. The lowest BCUT2D eigenvalue weighted by atomic mass is 10.2. The van der Waals surface area contributed by atoms with Crippen molar-refractivity contribution in [1.29, 1.82) is 0 Å². The molecule has 24 heavy (non-hydrogen) atoms. The predicted molar refractivity (Wildman–Crippen MR) is 88.2 cm³/mol. The van der Waals surface area contributed by atoms with E-state index in [9.17, 15) is 14.9 Å². The molecule has 1 aromatic heterocycles. The van der Waals surface area contributed by atoms with Gasteiger partial charge in [-0.2, -0.15) is 5.10 Å². The summed E-state index contributed by atoms with van der Waals surface area (Å²) in [6.45, 7) is 1.49. The third kappa shape index (κ3) is 3.13. The van der Waals surface area contributed by atoms with Crippen LogP contribution in [0.5, 0.6) is 0 Å². The van der Waals surface area contributed by atoms with Gasteiger partial charge in [0.25, 0.3) is 11.6 Å². The van der Waals surface area contributed by atoms with Crippen molar-refractivity contribution in [2.24, 2.45) is 0 Å². The number of hydrogen-bond donors (Lipinski definition) is 1. The van der Waals surface area contributed by atoms with Crippen molar-refractivity contribution >= 4 is 11.6 Å². The zero-order valence-corrected chi connectivity index (χ0v) is 13.4. The molecule has 3 rings (SSSR count). The number of carbonyl (C=O) groups excluding carboxylic acids is 1. The van der Waals surface area contributed by atoms with Gasteiger partial charge in [-0.1, -0.05) is 6.07 Å². The van der Waals surface area contributed by atoms with Crippen molar-refractivity contribution in [1.82, 2.24) is 20.0 Å². The summed E-state index contributed by atoms with van der Waals surface area (Å²) in [6.07, 6.45) is 3.62. The fraction of sp³-hybridized carbons (Fsp3) is 0.375. The number of likely N-dealkylation sites (N-methyl/N-ethyl adjacent to an activating group) is 1. The van der Waals surface area contributed by atoms with Gasteiger partial charge in [0.15, 0.2) is 5.69 Å². The normalized spacial score (nSPS) is 17.2. The molecule has 0 spiro atoms. The first kappa shape index (κ1) is 16.1. The van der Waals surface area contributed by atoms with Gasteiger partial charge in [0.1, 0.15) is 0 Å². The molecule has 1 amide bonds. The minimum Gasteiger partial charge on any atom is -0.333 e. The molecule has 8 nitrogen and oxygen atoms in total. The molecule has 1 aliphatic rings. The Labute approximate surface area is 139 Å². The van der Waals surface area contributed by atoms with E-state index in [1.54, 1.807) is 24.4 Å². The molecule has 1 unspecified atom stereocenters. The van der Waals surface area contributed by atoms with Crippen LogP contribution in [-0.4, -0.2) is 51.7 Å². The Bertz CT molecular complexity index is 758. The smallest absolute Gasteiger partial charge is 0.274 e. The lowest BCUT2D eigenvalue weighted by molar-refractivity contribution is -0.384. The molecular formula is C16H19N5O3. The number of nitro groups is 1. The molecule has 2 heterocycles. The van der Waals surface area contributed by atoms with E-state index in [1.807, 2.05) is 11.9 Å². The summed E-state index contributed by atoms with van der Waals surface area (Å²) in [5.74, 6) is -0.100. The molecule has 1 saturated heterocycles. The highest BCUT2D eigenvalue weighted by atomic mass is 16.6. The quantitative estimate of drug-likeness (QED) is 0.664. The van der Waals surface area contributed by atoms with Crippen LogP contribution in [0.1, 0.15) is 23.3 Å². The van der Waals surface area contributed by atoms with Gasteiger partial charge < -0.3 is 10.2 Å². The second-order valence-electron chi connectivity index (χ2n) is 5.77. The first-order valence-electron chi connectivity index (χ1n) is 7.86. The Morgan fingerprint density at radius 3 is 3.04 bits per heavy atom. The fourth-order valence-corrected chi connectivity index (χ4v) is 3.03. The molecule has 8 heteroatoms. The third-order valence-electron chi connectivity index (χ3n) is 4.19. The number of non-ortho nitro benzene ring substituents is 1. The second kappa shape index (κ2) is 6.79. The highest BCUT2D eigenvalue weighted by Gasteiger charge is 2.30. The van der Waals surface area contributed by atoms with Crippen molar-refractivity contribution in [3.05, 3.63) is 52.3 Å². The van der Waals surface area contributed by atoms with Crippen LogP contribution in [0.25, 0.3) is 5.69 Å². The summed E-state index contributed by atoms with van der Waals surface area (Å²) in [6, 6.07) is 8.00. The van der Waals surface area contributed by atoms with E-state index in [1.165, 1.54) is 16.8 Å². The number of nitro benzene ring substituents is 1. The van der Waals surface area contributed by atoms with Crippen molar-refractivity contribution in [2.75, 3.05) is 20.1 Å². The maximum absolute atomic E-state index is 12.7. The van der Waals surface area contributed by atoms with Gasteiger partial charge in [0.2, 0.25) is 0 Å². The van der Waals surface area contributed by atoms with E-state index in [-0.39, 0.29) is 17.6 Å². The molecule has 1 aromatic carbocycles. The number of carbonyl (C=O) groups is 1. The van der Waals surface area contributed by atoms with Gasteiger partial charge in [-0.25, -0.2) is 4.68 Å². The minimum absolute atomic E-state index is 0.00972. The molecule has 1 atom stereocenters.